The van der Waals surface area contributed by atoms with Crippen LogP contribution in [0.2, 0.25) is 0 Å². The minimum atomic E-state index is -0.0294. The van der Waals surface area contributed by atoms with E-state index in [1.165, 1.54) is 47.2 Å². The molecule has 0 aliphatic carbocycles. The van der Waals surface area contributed by atoms with Crippen LogP contribution in [0.15, 0.2) is 54.6 Å². The van der Waals surface area contributed by atoms with E-state index in [-0.39, 0.29) is 34.1 Å². The number of anilines is 3. The second kappa shape index (κ2) is 21.9. The Kier molecular flexibility index (Phi) is 24.2. The van der Waals surface area contributed by atoms with E-state index in [0.717, 1.165) is 17.1 Å². The van der Waals surface area contributed by atoms with Crippen molar-refractivity contribution >= 4 is 44.8 Å². The summed E-state index contributed by atoms with van der Waals surface area (Å²) in [5.74, 6) is 1.75. The van der Waals surface area contributed by atoms with Crippen molar-refractivity contribution in [1.82, 2.24) is 0 Å². The number of carbonyl (C=O) groups excluding carboxylic acids is 2. The van der Waals surface area contributed by atoms with Gasteiger partial charge in [0.25, 0.3) is 0 Å². The summed E-state index contributed by atoms with van der Waals surface area (Å²) < 4.78 is 0. The SMILES string of the molecule is C.C.C.CBr.CC(=O)Nc1ccc(C)c(C)c1.CC(=O)Nc1ccc(C)c(C)c1.Cc1ccc(N)cc1C. The number of amides is 2. The number of rotatable bonds is 2. The predicted molar refractivity (Wildman–Crippen MR) is 176 cm³/mol. The van der Waals surface area contributed by atoms with Crippen LogP contribution in [0.25, 0.3) is 0 Å². The molecular weight excluding hydrogens is 538 g/mol. The lowest BCUT2D eigenvalue weighted by Crippen LogP contribution is -2.05. The number of benzene rings is 3. The first-order chi connectivity index (χ1) is 16.4. The van der Waals surface area contributed by atoms with Crippen LogP contribution in [-0.2, 0) is 9.59 Å². The molecule has 4 N–H and O–H groups in total. The summed E-state index contributed by atoms with van der Waals surface area (Å²) in [5.41, 5.74) is 15.5. The molecular formula is C32H52BrN3O2. The molecule has 0 saturated heterocycles. The first kappa shape index (κ1) is 42.0. The molecule has 38 heavy (non-hydrogen) atoms. The van der Waals surface area contributed by atoms with Gasteiger partial charge < -0.3 is 16.4 Å². The monoisotopic (exact) mass is 589 g/mol. The fourth-order valence-corrected chi connectivity index (χ4v) is 2.81. The van der Waals surface area contributed by atoms with Crippen molar-refractivity contribution in [3.8, 4) is 0 Å². The van der Waals surface area contributed by atoms with E-state index < -0.39 is 0 Å². The van der Waals surface area contributed by atoms with Crippen molar-refractivity contribution in [3.63, 3.8) is 0 Å². The number of nitrogen functional groups attached to an aromatic ring is 1. The molecule has 6 heteroatoms. The average Bonchev–Trinajstić information content (AvgIpc) is 2.78. The Bertz CT molecular complexity index is 1050. The van der Waals surface area contributed by atoms with Gasteiger partial charge in [-0.2, -0.15) is 0 Å². The minimum Gasteiger partial charge on any atom is -0.399 e. The highest BCUT2D eigenvalue weighted by Crippen LogP contribution is 2.14. The maximum absolute atomic E-state index is 10.7. The van der Waals surface area contributed by atoms with Crippen LogP contribution >= 0.6 is 15.9 Å². The number of nitrogens with one attached hydrogen (secondary N) is 2. The molecule has 0 atom stereocenters. The zero-order valence-electron chi connectivity index (χ0n) is 22.5. The molecule has 0 spiro atoms. The topological polar surface area (TPSA) is 84.2 Å². The van der Waals surface area contributed by atoms with Crippen molar-refractivity contribution in [2.75, 3.05) is 22.2 Å². The third-order valence-electron chi connectivity index (χ3n) is 5.19. The summed E-state index contributed by atoms with van der Waals surface area (Å²) in [7, 11) is 0. The molecule has 0 aliphatic heterocycles. The average molecular weight is 591 g/mol. The highest BCUT2D eigenvalue weighted by molar-refractivity contribution is 9.08. The van der Waals surface area contributed by atoms with Crippen molar-refractivity contribution in [1.29, 1.82) is 0 Å². The fourth-order valence-electron chi connectivity index (χ4n) is 2.81. The lowest BCUT2D eigenvalue weighted by molar-refractivity contribution is -0.115. The molecule has 0 unspecified atom stereocenters. The first-order valence-corrected chi connectivity index (χ1v) is 12.9. The largest absolute Gasteiger partial charge is 0.399 e. The molecule has 0 heterocycles. The molecule has 5 nitrogen and oxygen atoms in total. The normalized spacial score (nSPS) is 8.47. The molecule has 0 bridgehead atoms. The molecule has 3 aromatic rings. The molecule has 0 saturated carbocycles. The Morgan fingerprint density at radius 2 is 0.842 bits per heavy atom. The van der Waals surface area contributed by atoms with E-state index in [1.54, 1.807) is 0 Å². The molecule has 3 rings (SSSR count). The summed E-state index contributed by atoms with van der Waals surface area (Å²) in [6.45, 7) is 15.3. The maximum atomic E-state index is 10.7. The van der Waals surface area contributed by atoms with Gasteiger partial charge in [-0.15, -0.1) is 0 Å². The highest BCUT2D eigenvalue weighted by atomic mass is 79.9. The number of hydrogen-bond donors (Lipinski definition) is 3. The van der Waals surface area contributed by atoms with Gasteiger partial charge in [0.2, 0.25) is 11.8 Å². The van der Waals surface area contributed by atoms with Crippen LogP contribution < -0.4 is 16.4 Å². The van der Waals surface area contributed by atoms with E-state index in [1.807, 2.05) is 88.1 Å². The Morgan fingerprint density at radius 3 is 1.08 bits per heavy atom. The number of aryl methyl sites for hydroxylation is 6. The van der Waals surface area contributed by atoms with Crippen molar-refractivity contribution in [2.24, 2.45) is 0 Å². The van der Waals surface area contributed by atoms with E-state index >= 15 is 0 Å². The van der Waals surface area contributed by atoms with Gasteiger partial charge >= 0.3 is 0 Å². The van der Waals surface area contributed by atoms with Crippen molar-refractivity contribution in [2.45, 2.75) is 77.7 Å². The van der Waals surface area contributed by atoms with Crippen LogP contribution in [0, 0.1) is 41.5 Å². The van der Waals surface area contributed by atoms with Gasteiger partial charge in [0, 0.05) is 30.9 Å². The van der Waals surface area contributed by atoms with Gasteiger partial charge in [-0.25, -0.2) is 0 Å². The second-order valence-electron chi connectivity index (χ2n) is 8.30. The number of hydrogen-bond acceptors (Lipinski definition) is 3. The maximum Gasteiger partial charge on any atom is 0.221 e. The molecule has 0 aromatic heterocycles. The smallest absolute Gasteiger partial charge is 0.221 e. The Hall–Kier alpha value is -3.12. The Balaban J connectivity index is -0.000000214. The summed E-state index contributed by atoms with van der Waals surface area (Å²) in [4.78, 5) is 21.4. The molecule has 0 aliphatic rings. The van der Waals surface area contributed by atoms with Crippen molar-refractivity contribution in [3.05, 3.63) is 88.0 Å². The quantitative estimate of drug-likeness (QED) is 0.205. The lowest BCUT2D eigenvalue weighted by atomic mass is 10.1. The predicted octanol–water partition coefficient (Wildman–Crippen LogP) is 9.33. The summed E-state index contributed by atoms with van der Waals surface area (Å²) in [5, 5.41) is 5.47. The van der Waals surface area contributed by atoms with Crippen LogP contribution in [0.4, 0.5) is 17.1 Å². The number of halogens is 1. The summed E-state index contributed by atoms with van der Waals surface area (Å²) in [6.07, 6.45) is 0. The zero-order valence-corrected chi connectivity index (χ0v) is 24.1. The molecule has 2 amide bonds. The second-order valence-corrected chi connectivity index (χ2v) is 8.30. The van der Waals surface area contributed by atoms with Gasteiger partial charge in [-0.3, -0.25) is 9.59 Å². The third-order valence-corrected chi connectivity index (χ3v) is 5.19. The molecule has 0 fully saturated rings. The Morgan fingerprint density at radius 1 is 0.553 bits per heavy atom. The van der Waals surface area contributed by atoms with Crippen molar-refractivity contribution < 1.29 is 9.59 Å². The fraction of sp³-hybridized carbons (Fsp3) is 0.375. The minimum absolute atomic E-state index is 0. The highest BCUT2D eigenvalue weighted by Gasteiger charge is 1.98. The van der Waals surface area contributed by atoms with E-state index in [0.29, 0.717) is 0 Å². The molecule has 3 aromatic carbocycles. The van der Waals surface area contributed by atoms with Gasteiger partial charge in [0.1, 0.15) is 0 Å². The molecule has 0 radical (unpaired) electrons. The summed E-state index contributed by atoms with van der Waals surface area (Å²) >= 11 is 2.94. The Labute approximate surface area is 241 Å². The molecule has 214 valence electrons. The van der Waals surface area contributed by atoms with Gasteiger partial charge in [0.05, 0.1) is 0 Å². The third kappa shape index (κ3) is 17.4. The van der Waals surface area contributed by atoms with E-state index in [9.17, 15) is 9.59 Å². The zero-order chi connectivity index (χ0) is 27.1. The van der Waals surface area contributed by atoms with E-state index in [2.05, 4.69) is 40.4 Å². The lowest BCUT2D eigenvalue weighted by Gasteiger charge is -2.04. The number of carbonyl (C=O) groups is 2. The number of alkyl halides is 1. The first-order valence-electron chi connectivity index (χ1n) is 11.3. The van der Waals surface area contributed by atoms with Crippen LogP contribution in [0.1, 0.15) is 69.5 Å². The van der Waals surface area contributed by atoms with Crippen LogP contribution in [0.5, 0.6) is 0 Å². The van der Waals surface area contributed by atoms with Gasteiger partial charge in [0.15, 0.2) is 0 Å². The van der Waals surface area contributed by atoms with Crippen LogP contribution in [-0.4, -0.2) is 17.6 Å². The van der Waals surface area contributed by atoms with Gasteiger partial charge in [-0.05, 0) is 117 Å². The van der Waals surface area contributed by atoms with Gasteiger partial charge in [-0.1, -0.05) is 56.4 Å². The summed E-state index contributed by atoms with van der Waals surface area (Å²) in [6, 6.07) is 17.7. The standard InChI is InChI=1S/2C10H13NO.C8H11N.CH3Br.3CH4/c2*1-7-4-5-10(6-8(7)2)11-9(3)12;1-6-3-4-8(9)5-7(6)2;1-2;;;/h2*4-6H,1-3H3,(H,11,12);3-5H,9H2,1-2H3;1H3;3*1H4. The van der Waals surface area contributed by atoms with Crippen LogP contribution in [0.3, 0.4) is 0 Å². The van der Waals surface area contributed by atoms with E-state index in [4.69, 9.17) is 5.73 Å². The number of nitrogens with two attached hydrogens (primary N) is 1.